The third-order valence-electron chi connectivity index (χ3n) is 11.4. The third-order valence-corrected chi connectivity index (χ3v) is 11.4. The van der Waals surface area contributed by atoms with Crippen molar-refractivity contribution in [1.29, 1.82) is 0 Å². The van der Waals surface area contributed by atoms with Crippen LogP contribution in [0, 0.1) is 88.6 Å². The van der Waals surface area contributed by atoms with Crippen LogP contribution in [0.1, 0.15) is 154 Å². The fourth-order valence-electron chi connectivity index (χ4n) is 6.51. The monoisotopic (exact) mass is 841 g/mol. The van der Waals surface area contributed by atoms with Gasteiger partial charge < -0.3 is 9.47 Å². The Labute approximate surface area is 366 Å². The minimum absolute atomic E-state index is 0. The van der Waals surface area contributed by atoms with Crippen molar-refractivity contribution >= 4 is 0 Å². The molecular formula is C54H84F4O2. The van der Waals surface area contributed by atoms with Gasteiger partial charge in [0.25, 0.3) is 0 Å². The maximum Gasteiger partial charge on any atom is 0.154 e. The molecule has 1 heterocycles. The molecule has 3 aromatic rings. The summed E-state index contributed by atoms with van der Waals surface area (Å²) in [6.45, 7) is 29.9. The summed E-state index contributed by atoms with van der Waals surface area (Å²) < 4.78 is 60.8. The average Bonchev–Trinajstić information content (AvgIpc) is 3.20. The topological polar surface area (TPSA) is 18.5 Å². The molecule has 0 radical (unpaired) electrons. The first kappa shape index (κ1) is 54.8. The molecule has 2 fully saturated rings. The number of halogens is 4. The lowest BCUT2D eigenvalue weighted by molar-refractivity contribution is -0.187. The first-order chi connectivity index (χ1) is 28.2. The van der Waals surface area contributed by atoms with Gasteiger partial charge >= 0.3 is 0 Å². The second-order valence-corrected chi connectivity index (χ2v) is 18.4. The van der Waals surface area contributed by atoms with Crippen LogP contribution in [-0.4, -0.2) is 19.5 Å². The second-order valence-electron chi connectivity index (χ2n) is 18.4. The van der Waals surface area contributed by atoms with E-state index in [-0.39, 0.29) is 24.9 Å². The van der Waals surface area contributed by atoms with Gasteiger partial charge in [0, 0.05) is 19.3 Å². The second kappa shape index (κ2) is 29.9. The molecule has 3 aromatic carbocycles. The Balaban J connectivity index is 0.000000688. The highest BCUT2D eigenvalue weighted by molar-refractivity contribution is 5.24. The van der Waals surface area contributed by atoms with Crippen LogP contribution in [-0.2, 0) is 9.47 Å². The summed E-state index contributed by atoms with van der Waals surface area (Å²) in [5, 5.41) is 0. The molecule has 1 saturated heterocycles. The van der Waals surface area contributed by atoms with Gasteiger partial charge in [0.1, 0.15) is 17.5 Å². The average molecular weight is 841 g/mol. The molecule has 340 valence electrons. The number of ether oxygens (including phenoxy) is 2. The van der Waals surface area contributed by atoms with Crippen LogP contribution in [0.15, 0.2) is 77.6 Å². The minimum atomic E-state index is -0.475. The molecule has 2 atom stereocenters. The van der Waals surface area contributed by atoms with Gasteiger partial charge in [-0.3, -0.25) is 0 Å². The normalized spacial score (nSPS) is 23.3. The molecule has 0 amide bonds. The van der Waals surface area contributed by atoms with E-state index in [4.69, 9.17) is 9.47 Å². The molecule has 4 aliphatic rings. The van der Waals surface area contributed by atoms with Crippen LogP contribution in [0.2, 0.25) is 0 Å². The SMILES string of the molecule is CC1=C(F)CC(C)CC1.CC1=CCC(C)CC1.CC1CCC(C)CC1.CC1COC(C)OC1.Cc1cc(F)c(C)c(F)c1.Cc1ccc(C)c(F)c1.Cc1ccc(C)cc1.[HH]. The number of hydrogen-bond acceptors (Lipinski definition) is 2. The molecular weight excluding hydrogens is 757 g/mol. The lowest BCUT2D eigenvalue weighted by Crippen LogP contribution is -2.27. The summed E-state index contributed by atoms with van der Waals surface area (Å²) in [5.74, 6) is 3.19. The molecule has 6 heteroatoms. The van der Waals surface area contributed by atoms with E-state index in [2.05, 4.69) is 85.7 Å². The summed E-state index contributed by atoms with van der Waals surface area (Å²) >= 11 is 0. The lowest BCUT2D eigenvalue weighted by atomic mass is 9.84. The highest BCUT2D eigenvalue weighted by Crippen LogP contribution is 2.29. The molecule has 0 bridgehead atoms. The maximum absolute atomic E-state index is 12.7. The van der Waals surface area contributed by atoms with E-state index < -0.39 is 11.6 Å². The van der Waals surface area contributed by atoms with Gasteiger partial charge in [0.2, 0.25) is 0 Å². The van der Waals surface area contributed by atoms with Gasteiger partial charge in [-0.2, -0.15) is 0 Å². The molecule has 0 spiro atoms. The molecule has 3 aliphatic carbocycles. The summed E-state index contributed by atoms with van der Waals surface area (Å²) in [6, 6.07) is 16.3. The summed E-state index contributed by atoms with van der Waals surface area (Å²) in [6.07, 6.45) is 15.1. The molecule has 1 saturated carbocycles. The van der Waals surface area contributed by atoms with Gasteiger partial charge in [0.05, 0.1) is 19.0 Å². The van der Waals surface area contributed by atoms with E-state index in [1.165, 1.54) is 87.6 Å². The number of allylic oxidation sites excluding steroid dienone is 4. The van der Waals surface area contributed by atoms with Gasteiger partial charge in [-0.15, -0.1) is 0 Å². The zero-order valence-corrected chi connectivity index (χ0v) is 40.1. The first-order valence-corrected chi connectivity index (χ1v) is 22.6. The van der Waals surface area contributed by atoms with Crippen molar-refractivity contribution in [3.05, 3.63) is 128 Å². The van der Waals surface area contributed by atoms with Crippen molar-refractivity contribution in [3.8, 4) is 0 Å². The summed E-state index contributed by atoms with van der Waals surface area (Å²) in [5.41, 5.74) is 7.59. The van der Waals surface area contributed by atoms with Crippen molar-refractivity contribution < 1.29 is 28.5 Å². The van der Waals surface area contributed by atoms with E-state index >= 15 is 0 Å². The van der Waals surface area contributed by atoms with Crippen molar-refractivity contribution in [2.24, 2.45) is 29.6 Å². The minimum Gasteiger partial charge on any atom is -0.353 e. The summed E-state index contributed by atoms with van der Waals surface area (Å²) in [4.78, 5) is 0. The van der Waals surface area contributed by atoms with Crippen molar-refractivity contribution in [2.45, 2.75) is 167 Å². The quantitative estimate of drug-likeness (QED) is 0.166. The van der Waals surface area contributed by atoms with Crippen molar-refractivity contribution in [2.75, 3.05) is 13.2 Å². The van der Waals surface area contributed by atoms with E-state index in [0.717, 1.165) is 48.5 Å². The highest BCUT2D eigenvalue weighted by atomic mass is 19.1. The molecule has 60 heavy (non-hydrogen) atoms. The van der Waals surface area contributed by atoms with Crippen LogP contribution in [0.25, 0.3) is 0 Å². The first-order valence-electron chi connectivity index (χ1n) is 22.6. The molecule has 7 rings (SSSR count). The van der Waals surface area contributed by atoms with Crippen LogP contribution in [0.3, 0.4) is 0 Å². The van der Waals surface area contributed by atoms with Crippen LogP contribution in [0.5, 0.6) is 0 Å². The highest BCUT2D eigenvalue weighted by Gasteiger charge is 2.15. The molecule has 0 N–H and O–H groups in total. The number of hydrogen-bond donors (Lipinski definition) is 0. The zero-order chi connectivity index (χ0) is 45.4. The van der Waals surface area contributed by atoms with Crippen molar-refractivity contribution in [3.63, 3.8) is 0 Å². The van der Waals surface area contributed by atoms with Gasteiger partial charge in [-0.05, 0) is 159 Å². The standard InChI is InChI=1S/C8H8F2.C8H13F.C8H9F.C8H16.C8H14.C8H10.C6H12O2.H2/c1-5-3-7(9)6(2)8(10)4-5;2*1-6-3-4-7(2)8(9)5-6;3*1-7-3-5-8(2)6-4-7;1-5-3-7-6(2)8-4-5;/h3-4H,1-2H3;6H,3-5H2,1-2H3;3-5H,1-2H3;7-8H,3-6H2,1-2H3;3,8H,4-6H2,1-2H3;3-6H,1-2H3;5-6H,3-4H2,1-2H3;1H. The fourth-order valence-corrected chi connectivity index (χ4v) is 6.51. The number of aryl methyl sites for hydroxylation is 5. The van der Waals surface area contributed by atoms with Gasteiger partial charge in [-0.1, -0.05) is 119 Å². The molecule has 0 aromatic heterocycles. The Morgan fingerprint density at radius 1 is 0.483 bits per heavy atom. The van der Waals surface area contributed by atoms with Crippen LogP contribution < -0.4 is 0 Å². The Bertz CT molecular complexity index is 1600. The molecule has 1 aliphatic heterocycles. The van der Waals surface area contributed by atoms with E-state index in [9.17, 15) is 17.6 Å². The Hall–Kier alpha value is -3.22. The van der Waals surface area contributed by atoms with E-state index in [1.807, 2.05) is 26.8 Å². The maximum atomic E-state index is 12.7. The van der Waals surface area contributed by atoms with Gasteiger partial charge in [-0.25, -0.2) is 17.6 Å². The summed E-state index contributed by atoms with van der Waals surface area (Å²) in [7, 11) is 0. The lowest BCUT2D eigenvalue weighted by Gasteiger charge is -2.24. The molecule has 2 nitrogen and oxygen atoms in total. The largest absolute Gasteiger partial charge is 0.353 e. The van der Waals surface area contributed by atoms with Gasteiger partial charge in [0.15, 0.2) is 6.29 Å². The van der Waals surface area contributed by atoms with Crippen LogP contribution >= 0.6 is 0 Å². The Morgan fingerprint density at radius 3 is 1.30 bits per heavy atom. The smallest absolute Gasteiger partial charge is 0.154 e. The zero-order valence-electron chi connectivity index (χ0n) is 40.1. The van der Waals surface area contributed by atoms with Crippen molar-refractivity contribution in [1.82, 2.24) is 0 Å². The van der Waals surface area contributed by atoms with E-state index in [1.54, 1.807) is 25.5 Å². The third kappa shape index (κ3) is 25.5. The molecule has 2 unspecified atom stereocenters. The predicted octanol–water partition coefficient (Wildman–Crippen LogP) is 17.2. The predicted molar refractivity (Wildman–Crippen MR) is 251 cm³/mol. The van der Waals surface area contributed by atoms with E-state index in [0.29, 0.717) is 29.4 Å². The number of rotatable bonds is 0. The number of benzene rings is 3. The Morgan fingerprint density at radius 2 is 0.933 bits per heavy atom. The fraction of sp³-hybridized carbons (Fsp3) is 0.593. The van der Waals surface area contributed by atoms with Crippen LogP contribution in [0.4, 0.5) is 17.6 Å². The Kier molecular flexibility index (Phi) is 27.3.